The summed E-state index contributed by atoms with van der Waals surface area (Å²) in [5.41, 5.74) is 0.719. The van der Waals surface area contributed by atoms with Gasteiger partial charge in [-0.25, -0.2) is 4.39 Å². The normalized spacial score (nSPS) is 20.0. The molecule has 0 saturated carbocycles. The molecule has 0 radical (unpaired) electrons. The van der Waals surface area contributed by atoms with Gasteiger partial charge in [0.2, 0.25) is 5.91 Å². The summed E-state index contributed by atoms with van der Waals surface area (Å²) < 4.78 is 13.0. The van der Waals surface area contributed by atoms with Crippen LogP contribution in [0.5, 0.6) is 0 Å². The second-order valence-electron chi connectivity index (χ2n) is 5.03. The number of benzene rings is 1. The summed E-state index contributed by atoms with van der Waals surface area (Å²) in [6.07, 6.45) is 1.39. The lowest BCUT2D eigenvalue weighted by molar-refractivity contribution is -0.120. The zero-order valence-corrected chi connectivity index (χ0v) is 10.7. The number of nitrogens with one attached hydrogen (secondary N) is 1. The second-order valence-corrected chi connectivity index (χ2v) is 5.03. The van der Waals surface area contributed by atoms with E-state index in [1.807, 2.05) is 0 Å². The standard InChI is InChI=1S/C14H19FN2O/c1-17-6-5-12(10-17)9-16-14(18)8-11-3-2-4-13(15)7-11/h2-4,7,12H,5-6,8-10H2,1H3,(H,16,18). The Labute approximate surface area is 107 Å². The van der Waals surface area contributed by atoms with E-state index in [-0.39, 0.29) is 18.1 Å². The Morgan fingerprint density at radius 2 is 2.39 bits per heavy atom. The summed E-state index contributed by atoms with van der Waals surface area (Å²) >= 11 is 0. The van der Waals surface area contributed by atoms with Crippen LogP contribution in [0.25, 0.3) is 0 Å². The molecule has 1 fully saturated rings. The molecule has 1 saturated heterocycles. The molecule has 4 heteroatoms. The summed E-state index contributed by atoms with van der Waals surface area (Å²) in [5, 5.41) is 2.93. The maximum atomic E-state index is 13.0. The third kappa shape index (κ3) is 3.81. The molecule has 0 bridgehead atoms. The summed E-state index contributed by atoms with van der Waals surface area (Å²) in [7, 11) is 2.09. The van der Waals surface area contributed by atoms with Gasteiger partial charge < -0.3 is 10.2 Å². The molecule has 0 spiro atoms. The number of rotatable bonds is 4. The van der Waals surface area contributed by atoms with Gasteiger partial charge in [0.1, 0.15) is 5.82 Å². The first-order valence-corrected chi connectivity index (χ1v) is 6.33. The molecule has 1 heterocycles. The molecular formula is C14H19FN2O. The van der Waals surface area contributed by atoms with E-state index in [9.17, 15) is 9.18 Å². The zero-order valence-electron chi connectivity index (χ0n) is 10.7. The molecule has 1 aliphatic heterocycles. The van der Waals surface area contributed by atoms with Crippen molar-refractivity contribution in [1.82, 2.24) is 10.2 Å². The van der Waals surface area contributed by atoms with E-state index in [2.05, 4.69) is 17.3 Å². The maximum Gasteiger partial charge on any atom is 0.224 e. The fourth-order valence-electron chi connectivity index (χ4n) is 2.35. The molecule has 3 nitrogen and oxygen atoms in total. The van der Waals surface area contributed by atoms with Gasteiger partial charge >= 0.3 is 0 Å². The Hall–Kier alpha value is -1.42. The van der Waals surface area contributed by atoms with Crippen LogP contribution in [0.1, 0.15) is 12.0 Å². The van der Waals surface area contributed by atoms with E-state index in [0.717, 1.165) is 31.6 Å². The van der Waals surface area contributed by atoms with Crippen LogP contribution in [-0.2, 0) is 11.2 Å². The Kier molecular flexibility index (Phi) is 4.31. The summed E-state index contributed by atoms with van der Waals surface area (Å²) in [6.45, 7) is 2.86. The van der Waals surface area contributed by atoms with Crippen molar-refractivity contribution in [1.29, 1.82) is 0 Å². The lowest BCUT2D eigenvalue weighted by atomic mass is 10.1. The van der Waals surface area contributed by atoms with Crippen LogP contribution in [0.2, 0.25) is 0 Å². The van der Waals surface area contributed by atoms with Crippen LogP contribution in [0.4, 0.5) is 4.39 Å². The number of nitrogens with zero attached hydrogens (tertiary/aromatic N) is 1. The van der Waals surface area contributed by atoms with Crippen LogP contribution in [0.3, 0.4) is 0 Å². The average molecular weight is 250 g/mol. The number of halogens is 1. The van der Waals surface area contributed by atoms with Crippen molar-refractivity contribution in [2.45, 2.75) is 12.8 Å². The van der Waals surface area contributed by atoms with E-state index in [4.69, 9.17) is 0 Å². The van der Waals surface area contributed by atoms with E-state index < -0.39 is 0 Å². The minimum atomic E-state index is -0.294. The van der Waals surface area contributed by atoms with Crippen LogP contribution < -0.4 is 5.32 Å². The van der Waals surface area contributed by atoms with Gasteiger partial charge in [-0.2, -0.15) is 0 Å². The highest BCUT2D eigenvalue weighted by atomic mass is 19.1. The number of likely N-dealkylation sites (tertiary alicyclic amines) is 1. The van der Waals surface area contributed by atoms with Crippen molar-refractivity contribution in [2.75, 3.05) is 26.7 Å². The SMILES string of the molecule is CN1CCC(CNC(=O)Cc2cccc(F)c2)C1. The smallest absolute Gasteiger partial charge is 0.224 e. The largest absolute Gasteiger partial charge is 0.355 e. The van der Waals surface area contributed by atoms with Crippen molar-refractivity contribution in [3.8, 4) is 0 Å². The molecule has 1 aromatic rings. The molecule has 1 aromatic carbocycles. The number of hydrogen-bond acceptors (Lipinski definition) is 2. The molecule has 1 unspecified atom stereocenters. The fraction of sp³-hybridized carbons (Fsp3) is 0.500. The first kappa shape index (κ1) is 13.0. The van der Waals surface area contributed by atoms with Gasteiger partial charge in [0.15, 0.2) is 0 Å². The highest BCUT2D eigenvalue weighted by Crippen LogP contribution is 2.13. The van der Waals surface area contributed by atoms with Gasteiger partial charge in [-0.05, 0) is 43.6 Å². The highest BCUT2D eigenvalue weighted by molar-refractivity contribution is 5.78. The molecule has 18 heavy (non-hydrogen) atoms. The lowest BCUT2D eigenvalue weighted by Gasteiger charge is -2.11. The molecule has 1 atom stereocenters. The second kappa shape index (κ2) is 5.96. The van der Waals surface area contributed by atoms with Crippen molar-refractivity contribution in [3.05, 3.63) is 35.6 Å². The topological polar surface area (TPSA) is 32.3 Å². The molecule has 0 aliphatic carbocycles. The Bertz CT molecular complexity index is 422. The van der Waals surface area contributed by atoms with Crippen LogP contribution in [0, 0.1) is 11.7 Å². The van der Waals surface area contributed by atoms with E-state index in [1.165, 1.54) is 12.1 Å². The zero-order chi connectivity index (χ0) is 13.0. The minimum absolute atomic E-state index is 0.0323. The molecular weight excluding hydrogens is 231 g/mol. The summed E-state index contributed by atoms with van der Waals surface area (Å²) in [5.74, 6) is 0.222. The molecule has 1 N–H and O–H groups in total. The van der Waals surface area contributed by atoms with Gasteiger partial charge in [-0.3, -0.25) is 4.79 Å². The van der Waals surface area contributed by atoms with Crippen molar-refractivity contribution >= 4 is 5.91 Å². The van der Waals surface area contributed by atoms with Crippen LogP contribution in [-0.4, -0.2) is 37.5 Å². The van der Waals surface area contributed by atoms with Gasteiger partial charge in [-0.15, -0.1) is 0 Å². The Morgan fingerprint density at radius 1 is 1.56 bits per heavy atom. The monoisotopic (exact) mass is 250 g/mol. The highest BCUT2D eigenvalue weighted by Gasteiger charge is 2.19. The number of carbonyl (C=O) groups excluding carboxylic acids is 1. The third-order valence-electron chi connectivity index (χ3n) is 3.33. The molecule has 0 aromatic heterocycles. The quantitative estimate of drug-likeness (QED) is 0.877. The molecule has 1 amide bonds. The van der Waals surface area contributed by atoms with Crippen molar-refractivity contribution in [2.24, 2.45) is 5.92 Å². The predicted molar refractivity (Wildman–Crippen MR) is 68.7 cm³/mol. The minimum Gasteiger partial charge on any atom is -0.355 e. The number of amides is 1. The Balaban J connectivity index is 1.75. The maximum absolute atomic E-state index is 13.0. The molecule has 2 rings (SSSR count). The molecule has 1 aliphatic rings. The summed E-state index contributed by atoms with van der Waals surface area (Å²) in [6, 6.07) is 6.19. The van der Waals surface area contributed by atoms with Crippen LogP contribution >= 0.6 is 0 Å². The third-order valence-corrected chi connectivity index (χ3v) is 3.33. The van der Waals surface area contributed by atoms with Gasteiger partial charge in [-0.1, -0.05) is 12.1 Å². The summed E-state index contributed by atoms with van der Waals surface area (Å²) in [4.78, 5) is 14.0. The van der Waals surface area contributed by atoms with Crippen LogP contribution in [0.15, 0.2) is 24.3 Å². The predicted octanol–water partition coefficient (Wildman–Crippen LogP) is 1.44. The van der Waals surface area contributed by atoms with Crippen molar-refractivity contribution in [3.63, 3.8) is 0 Å². The lowest BCUT2D eigenvalue weighted by Crippen LogP contribution is -2.31. The van der Waals surface area contributed by atoms with E-state index >= 15 is 0 Å². The van der Waals surface area contributed by atoms with Gasteiger partial charge in [0, 0.05) is 13.1 Å². The first-order chi connectivity index (χ1) is 8.63. The van der Waals surface area contributed by atoms with Crippen molar-refractivity contribution < 1.29 is 9.18 Å². The first-order valence-electron chi connectivity index (χ1n) is 6.33. The molecule has 98 valence electrons. The Morgan fingerprint density at radius 3 is 3.06 bits per heavy atom. The van der Waals surface area contributed by atoms with Gasteiger partial charge in [0.05, 0.1) is 6.42 Å². The average Bonchev–Trinajstić information content (AvgIpc) is 2.73. The van der Waals surface area contributed by atoms with E-state index in [1.54, 1.807) is 12.1 Å². The number of hydrogen-bond donors (Lipinski definition) is 1. The number of carbonyl (C=O) groups is 1. The van der Waals surface area contributed by atoms with E-state index in [0.29, 0.717) is 5.92 Å². The van der Waals surface area contributed by atoms with Gasteiger partial charge in [0.25, 0.3) is 0 Å². The fourth-order valence-corrected chi connectivity index (χ4v) is 2.35.